The molecule has 0 atom stereocenters. The molecule has 0 fully saturated rings. The fourth-order valence-corrected chi connectivity index (χ4v) is 1.81. The molecule has 16 heavy (non-hydrogen) atoms. The number of nitrogens with zero attached hydrogens (tertiary/aromatic N) is 3. The summed E-state index contributed by atoms with van der Waals surface area (Å²) in [4.78, 5) is 6.45. The molecule has 4 heteroatoms. The minimum Gasteiger partial charge on any atom is -0.411 e. The lowest BCUT2D eigenvalue weighted by Crippen LogP contribution is -2.36. The third kappa shape index (κ3) is 2.59. The fourth-order valence-electron chi connectivity index (χ4n) is 1.81. The van der Waals surface area contributed by atoms with Crippen molar-refractivity contribution in [1.82, 2.24) is 4.90 Å². The molecule has 1 aliphatic heterocycles. The standard InChI is InChI=1S/C12H15N3O/c16-14-9-12-13-7-4-8-15(12)10-11-5-2-1-3-6-11/h1-3,5-6,9,16H,4,7-8,10H2. The minimum atomic E-state index is 0.762. The molecule has 2 rings (SSSR count). The van der Waals surface area contributed by atoms with Crippen molar-refractivity contribution in [2.24, 2.45) is 10.1 Å². The number of hydrogen-bond donors (Lipinski definition) is 1. The van der Waals surface area contributed by atoms with Gasteiger partial charge in [-0.1, -0.05) is 35.5 Å². The van der Waals surface area contributed by atoms with E-state index < -0.39 is 0 Å². The number of oxime groups is 1. The highest BCUT2D eigenvalue weighted by Gasteiger charge is 2.13. The van der Waals surface area contributed by atoms with E-state index in [1.54, 1.807) is 0 Å². The van der Waals surface area contributed by atoms with Crippen molar-refractivity contribution in [2.45, 2.75) is 13.0 Å². The molecule has 0 radical (unpaired) electrons. The Labute approximate surface area is 94.9 Å². The highest BCUT2D eigenvalue weighted by Crippen LogP contribution is 2.08. The van der Waals surface area contributed by atoms with Crippen molar-refractivity contribution < 1.29 is 5.21 Å². The van der Waals surface area contributed by atoms with Gasteiger partial charge in [0.15, 0.2) is 0 Å². The first-order valence-electron chi connectivity index (χ1n) is 5.41. The average molecular weight is 217 g/mol. The lowest BCUT2D eigenvalue weighted by Gasteiger charge is -2.27. The molecule has 1 aromatic rings. The van der Waals surface area contributed by atoms with Gasteiger partial charge in [0.1, 0.15) is 12.1 Å². The molecular weight excluding hydrogens is 202 g/mol. The maximum atomic E-state index is 8.56. The van der Waals surface area contributed by atoms with E-state index in [1.165, 1.54) is 11.8 Å². The normalized spacial score (nSPS) is 16.5. The van der Waals surface area contributed by atoms with Gasteiger partial charge >= 0.3 is 0 Å². The van der Waals surface area contributed by atoms with Gasteiger partial charge in [-0.3, -0.25) is 4.99 Å². The van der Waals surface area contributed by atoms with Crippen molar-refractivity contribution >= 4 is 12.1 Å². The Morgan fingerprint density at radius 2 is 2.19 bits per heavy atom. The molecule has 0 amide bonds. The molecule has 4 nitrogen and oxygen atoms in total. The van der Waals surface area contributed by atoms with E-state index in [-0.39, 0.29) is 0 Å². The van der Waals surface area contributed by atoms with Crippen LogP contribution in [0.25, 0.3) is 0 Å². The largest absolute Gasteiger partial charge is 0.411 e. The summed E-state index contributed by atoms with van der Waals surface area (Å²) in [6.45, 7) is 2.58. The minimum absolute atomic E-state index is 0.762. The lowest BCUT2D eigenvalue weighted by molar-refractivity contribution is 0.320. The van der Waals surface area contributed by atoms with Crippen molar-refractivity contribution in [3.8, 4) is 0 Å². The van der Waals surface area contributed by atoms with Gasteiger partial charge in [0, 0.05) is 19.6 Å². The molecule has 0 aromatic heterocycles. The summed E-state index contributed by atoms with van der Waals surface area (Å²) >= 11 is 0. The molecular formula is C12H15N3O. The van der Waals surface area contributed by atoms with E-state index in [0.717, 1.165) is 31.9 Å². The van der Waals surface area contributed by atoms with E-state index in [0.29, 0.717) is 0 Å². The van der Waals surface area contributed by atoms with Crippen LogP contribution in [0, 0.1) is 0 Å². The Morgan fingerprint density at radius 1 is 1.38 bits per heavy atom. The van der Waals surface area contributed by atoms with E-state index in [9.17, 15) is 0 Å². The van der Waals surface area contributed by atoms with Crippen LogP contribution in [0.4, 0.5) is 0 Å². The molecule has 0 unspecified atom stereocenters. The number of benzene rings is 1. The number of amidine groups is 1. The van der Waals surface area contributed by atoms with Gasteiger partial charge in [0.05, 0.1) is 0 Å². The zero-order valence-corrected chi connectivity index (χ0v) is 9.08. The number of rotatable bonds is 3. The van der Waals surface area contributed by atoms with Crippen LogP contribution in [0.2, 0.25) is 0 Å². The van der Waals surface area contributed by atoms with E-state index in [4.69, 9.17) is 5.21 Å². The van der Waals surface area contributed by atoms with Crippen LogP contribution in [0.1, 0.15) is 12.0 Å². The summed E-state index contributed by atoms with van der Waals surface area (Å²) in [6, 6.07) is 10.2. The molecule has 1 aliphatic rings. The van der Waals surface area contributed by atoms with Crippen molar-refractivity contribution in [3.05, 3.63) is 35.9 Å². The molecule has 1 N–H and O–H groups in total. The molecule has 84 valence electrons. The summed E-state index contributed by atoms with van der Waals surface area (Å²) in [5.41, 5.74) is 1.24. The summed E-state index contributed by atoms with van der Waals surface area (Å²) in [5.74, 6) is 0.762. The zero-order valence-electron chi connectivity index (χ0n) is 9.08. The van der Waals surface area contributed by atoms with Gasteiger partial charge in [-0.25, -0.2) is 0 Å². The molecule has 0 aliphatic carbocycles. The maximum absolute atomic E-state index is 8.56. The first-order valence-corrected chi connectivity index (χ1v) is 5.41. The third-order valence-corrected chi connectivity index (χ3v) is 2.57. The second-order valence-electron chi connectivity index (χ2n) is 3.75. The van der Waals surface area contributed by atoms with Gasteiger partial charge in [-0.05, 0) is 12.0 Å². The molecule has 0 bridgehead atoms. The topological polar surface area (TPSA) is 48.2 Å². The van der Waals surface area contributed by atoms with Crippen molar-refractivity contribution in [1.29, 1.82) is 0 Å². The Morgan fingerprint density at radius 3 is 2.94 bits per heavy atom. The predicted octanol–water partition coefficient (Wildman–Crippen LogP) is 1.75. The van der Waals surface area contributed by atoms with Crippen LogP contribution in [0.15, 0.2) is 40.5 Å². The lowest BCUT2D eigenvalue weighted by atomic mass is 10.2. The monoisotopic (exact) mass is 217 g/mol. The molecule has 1 aromatic carbocycles. The van der Waals surface area contributed by atoms with Gasteiger partial charge < -0.3 is 10.1 Å². The first-order chi connectivity index (χ1) is 7.90. The first kappa shape index (κ1) is 10.7. The smallest absolute Gasteiger partial charge is 0.146 e. The molecule has 0 saturated heterocycles. The number of aliphatic imine (C=N–C) groups is 1. The molecule has 0 saturated carbocycles. The van der Waals surface area contributed by atoms with Gasteiger partial charge in [-0.15, -0.1) is 0 Å². The Kier molecular flexibility index (Phi) is 3.53. The molecule has 1 heterocycles. The van der Waals surface area contributed by atoms with Crippen LogP contribution in [-0.2, 0) is 6.54 Å². The Hall–Kier alpha value is -1.84. The van der Waals surface area contributed by atoms with Crippen molar-refractivity contribution in [3.63, 3.8) is 0 Å². The maximum Gasteiger partial charge on any atom is 0.146 e. The molecule has 0 spiro atoms. The Balaban J connectivity index is 2.08. The second-order valence-corrected chi connectivity index (χ2v) is 3.75. The summed E-state index contributed by atoms with van der Waals surface area (Å²) in [5, 5.41) is 11.6. The highest BCUT2D eigenvalue weighted by atomic mass is 16.4. The number of hydrogen-bond acceptors (Lipinski definition) is 4. The van der Waals surface area contributed by atoms with Crippen LogP contribution < -0.4 is 0 Å². The average Bonchev–Trinajstić information content (AvgIpc) is 2.33. The van der Waals surface area contributed by atoms with Crippen LogP contribution in [0.3, 0.4) is 0 Å². The van der Waals surface area contributed by atoms with Gasteiger partial charge in [-0.2, -0.15) is 0 Å². The van der Waals surface area contributed by atoms with Crippen LogP contribution in [-0.4, -0.2) is 35.2 Å². The quantitative estimate of drug-likeness (QED) is 0.476. The van der Waals surface area contributed by atoms with Crippen molar-refractivity contribution in [2.75, 3.05) is 13.1 Å². The van der Waals surface area contributed by atoms with Gasteiger partial charge in [0.25, 0.3) is 0 Å². The summed E-state index contributed by atoms with van der Waals surface area (Å²) < 4.78 is 0. The Bertz CT molecular complexity index is 387. The predicted molar refractivity (Wildman–Crippen MR) is 64.0 cm³/mol. The highest BCUT2D eigenvalue weighted by molar-refractivity contribution is 6.29. The van der Waals surface area contributed by atoms with Gasteiger partial charge in [0.2, 0.25) is 0 Å². The van der Waals surface area contributed by atoms with E-state index >= 15 is 0 Å². The third-order valence-electron chi connectivity index (χ3n) is 2.57. The fraction of sp³-hybridized carbons (Fsp3) is 0.333. The zero-order chi connectivity index (χ0) is 11.2. The SMILES string of the molecule is ON=CC1=NCCCN1Cc1ccccc1. The van der Waals surface area contributed by atoms with Crippen LogP contribution >= 0.6 is 0 Å². The summed E-state index contributed by atoms with van der Waals surface area (Å²) in [6.07, 6.45) is 2.46. The summed E-state index contributed by atoms with van der Waals surface area (Å²) in [7, 11) is 0. The van der Waals surface area contributed by atoms with E-state index in [2.05, 4.69) is 27.2 Å². The van der Waals surface area contributed by atoms with E-state index in [1.807, 2.05) is 18.2 Å². The van der Waals surface area contributed by atoms with Crippen LogP contribution in [0.5, 0.6) is 0 Å². The second kappa shape index (κ2) is 5.30.